The predicted octanol–water partition coefficient (Wildman–Crippen LogP) is 0.569. The topological polar surface area (TPSA) is 77.0 Å². The van der Waals surface area contributed by atoms with Crippen LogP contribution in [0, 0.1) is 0 Å². The molecule has 0 aliphatic carbocycles. The number of thioether (sulfide) groups is 1. The van der Waals surface area contributed by atoms with Gasteiger partial charge in [-0.15, -0.1) is 0 Å². The number of aromatic nitrogens is 2. The molecule has 1 unspecified atom stereocenters. The van der Waals surface area contributed by atoms with Crippen molar-refractivity contribution in [3.05, 3.63) is 0 Å². The fourth-order valence-corrected chi connectivity index (χ4v) is 2.27. The number of nitrogens with one attached hydrogen (secondary N) is 1. The molecular weight excluding hydrogens is 176 g/mol. The first-order chi connectivity index (χ1) is 5.84. The van der Waals surface area contributed by atoms with Crippen LogP contribution >= 0.6 is 11.8 Å². The largest absolute Gasteiger partial charge is 0.390 e. The fourth-order valence-electron chi connectivity index (χ4n) is 1.12. The van der Waals surface area contributed by atoms with Gasteiger partial charge in [0.25, 0.3) is 0 Å². The zero-order valence-corrected chi connectivity index (χ0v) is 7.30. The van der Waals surface area contributed by atoms with Gasteiger partial charge < -0.3 is 15.5 Å². The van der Waals surface area contributed by atoms with Gasteiger partial charge in [0.05, 0.1) is 0 Å². The Bertz CT molecular complexity index is 258. The average molecular weight is 186 g/mol. The second kappa shape index (κ2) is 3.22. The first-order valence-electron chi connectivity index (χ1n) is 3.78. The first-order valence-corrected chi connectivity index (χ1v) is 4.93. The molecule has 0 amide bonds. The highest BCUT2D eigenvalue weighted by molar-refractivity contribution is 7.99. The maximum atomic E-state index is 5.27. The summed E-state index contributed by atoms with van der Waals surface area (Å²) in [6, 6.07) is 0.998. The van der Waals surface area contributed by atoms with Crippen molar-refractivity contribution in [3.8, 4) is 0 Å². The van der Waals surface area contributed by atoms with Crippen molar-refractivity contribution >= 4 is 23.8 Å². The monoisotopic (exact) mass is 186 g/mol. The fraction of sp³-hybridized carbons (Fsp3) is 0.667. The smallest absolute Gasteiger partial charge is 0.317 e. The van der Waals surface area contributed by atoms with Gasteiger partial charge in [-0.25, -0.2) is 0 Å². The van der Waals surface area contributed by atoms with Crippen LogP contribution in [0.25, 0.3) is 0 Å². The van der Waals surface area contributed by atoms with Crippen molar-refractivity contribution in [2.24, 2.45) is 0 Å². The van der Waals surface area contributed by atoms with Crippen LogP contribution in [0.5, 0.6) is 0 Å². The molecule has 6 heteroatoms. The van der Waals surface area contributed by atoms with Crippen LogP contribution < -0.4 is 11.1 Å². The zero-order valence-electron chi connectivity index (χ0n) is 6.49. The van der Waals surface area contributed by atoms with E-state index in [1.165, 1.54) is 5.75 Å². The Kier molecular flexibility index (Phi) is 2.07. The van der Waals surface area contributed by atoms with Crippen LogP contribution in [0.1, 0.15) is 6.42 Å². The summed E-state index contributed by atoms with van der Waals surface area (Å²) >= 11 is 1.92. The summed E-state index contributed by atoms with van der Waals surface area (Å²) in [6.07, 6.45) is 1.15. The summed E-state index contributed by atoms with van der Waals surface area (Å²) in [5.74, 6) is 2.30. The summed E-state index contributed by atoms with van der Waals surface area (Å²) in [6.45, 7) is 0. The van der Waals surface area contributed by atoms with Gasteiger partial charge in [0.15, 0.2) is 0 Å². The molecule has 0 saturated carbocycles. The van der Waals surface area contributed by atoms with E-state index in [4.69, 9.17) is 10.2 Å². The molecule has 2 rings (SSSR count). The standard InChI is InChI=1S/C6H10N4OS/c7-5-9-10-6(11-5)8-4-1-2-12-3-4/h4H,1-3H2,(H2,7,9)(H,8,10). The molecule has 0 radical (unpaired) electrons. The van der Waals surface area contributed by atoms with Gasteiger partial charge in [-0.2, -0.15) is 11.8 Å². The van der Waals surface area contributed by atoms with Crippen molar-refractivity contribution < 1.29 is 4.42 Å². The minimum absolute atomic E-state index is 0.114. The van der Waals surface area contributed by atoms with Crippen LogP contribution in [0.15, 0.2) is 4.42 Å². The SMILES string of the molecule is Nc1nnc(NC2CCSC2)o1. The molecule has 1 fully saturated rings. The van der Waals surface area contributed by atoms with E-state index in [-0.39, 0.29) is 6.01 Å². The Morgan fingerprint density at radius 1 is 1.58 bits per heavy atom. The Hall–Kier alpha value is -0.910. The van der Waals surface area contributed by atoms with Gasteiger partial charge in [-0.3, -0.25) is 0 Å². The van der Waals surface area contributed by atoms with Gasteiger partial charge in [-0.05, 0) is 12.2 Å². The Labute approximate surface area is 74.1 Å². The third-order valence-electron chi connectivity index (χ3n) is 1.70. The van der Waals surface area contributed by atoms with Crippen molar-refractivity contribution in [2.75, 3.05) is 22.6 Å². The number of anilines is 2. The molecule has 2 heterocycles. The van der Waals surface area contributed by atoms with Crippen molar-refractivity contribution in [1.82, 2.24) is 10.2 Å². The lowest BCUT2D eigenvalue weighted by Crippen LogP contribution is -2.18. The molecule has 1 aromatic heterocycles. The minimum atomic E-state index is 0.114. The van der Waals surface area contributed by atoms with E-state index in [9.17, 15) is 0 Å². The molecule has 1 aliphatic rings. The molecule has 0 spiro atoms. The number of rotatable bonds is 2. The molecule has 1 atom stereocenters. The summed E-state index contributed by atoms with van der Waals surface area (Å²) < 4.78 is 4.98. The van der Waals surface area contributed by atoms with E-state index >= 15 is 0 Å². The van der Waals surface area contributed by atoms with Gasteiger partial charge >= 0.3 is 12.0 Å². The molecule has 0 bridgehead atoms. The molecule has 3 N–H and O–H groups in total. The Balaban J connectivity index is 1.94. The molecule has 1 aromatic rings. The number of nitrogen functional groups attached to an aromatic ring is 1. The maximum absolute atomic E-state index is 5.27. The highest BCUT2D eigenvalue weighted by atomic mass is 32.2. The summed E-state index contributed by atoms with van der Waals surface area (Å²) in [4.78, 5) is 0. The second-order valence-corrected chi connectivity index (χ2v) is 3.80. The predicted molar refractivity (Wildman–Crippen MR) is 48.1 cm³/mol. The molecule has 0 aromatic carbocycles. The van der Waals surface area contributed by atoms with E-state index in [2.05, 4.69) is 15.5 Å². The molecule has 1 aliphatic heterocycles. The van der Waals surface area contributed by atoms with Crippen LogP contribution in [0.2, 0.25) is 0 Å². The zero-order chi connectivity index (χ0) is 8.39. The van der Waals surface area contributed by atoms with Gasteiger partial charge in [0.2, 0.25) is 0 Å². The molecule has 66 valence electrons. The number of hydrogen-bond donors (Lipinski definition) is 2. The van der Waals surface area contributed by atoms with Crippen LogP contribution in [0.3, 0.4) is 0 Å². The highest BCUT2D eigenvalue weighted by Crippen LogP contribution is 2.20. The summed E-state index contributed by atoms with van der Waals surface area (Å²) in [7, 11) is 0. The number of hydrogen-bond acceptors (Lipinski definition) is 6. The maximum Gasteiger partial charge on any atom is 0.317 e. The van der Waals surface area contributed by atoms with Crippen LogP contribution in [0.4, 0.5) is 12.0 Å². The number of nitrogens with zero attached hydrogens (tertiary/aromatic N) is 2. The molecule has 5 nitrogen and oxygen atoms in total. The third-order valence-corrected chi connectivity index (χ3v) is 2.86. The van der Waals surface area contributed by atoms with E-state index in [1.807, 2.05) is 11.8 Å². The summed E-state index contributed by atoms with van der Waals surface area (Å²) in [5, 5.41) is 10.4. The number of nitrogens with two attached hydrogens (primary N) is 1. The highest BCUT2D eigenvalue weighted by Gasteiger charge is 2.17. The van der Waals surface area contributed by atoms with E-state index in [0.29, 0.717) is 12.1 Å². The Morgan fingerprint density at radius 2 is 2.50 bits per heavy atom. The normalized spacial score (nSPS) is 22.8. The molecule has 1 saturated heterocycles. The average Bonchev–Trinajstić information content (AvgIpc) is 2.63. The van der Waals surface area contributed by atoms with Crippen molar-refractivity contribution in [2.45, 2.75) is 12.5 Å². The quantitative estimate of drug-likeness (QED) is 0.703. The van der Waals surface area contributed by atoms with Crippen molar-refractivity contribution in [3.63, 3.8) is 0 Å². The molecular formula is C6H10N4OS. The third kappa shape index (κ3) is 1.63. The van der Waals surface area contributed by atoms with Crippen LogP contribution in [-0.2, 0) is 0 Å². The van der Waals surface area contributed by atoms with Gasteiger partial charge in [0, 0.05) is 11.8 Å². The van der Waals surface area contributed by atoms with E-state index < -0.39 is 0 Å². The van der Waals surface area contributed by atoms with Gasteiger partial charge in [-0.1, -0.05) is 10.2 Å². The van der Waals surface area contributed by atoms with E-state index in [1.54, 1.807) is 0 Å². The second-order valence-electron chi connectivity index (χ2n) is 2.65. The molecule has 12 heavy (non-hydrogen) atoms. The van der Waals surface area contributed by atoms with Crippen LogP contribution in [-0.4, -0.2) is 27.7 Å². The van der Waals surface area contributed by atoms with Crippen molar-refractivity contribution in [1.29, 1.82) is 0 Å². The lowest BCUT2D eigenvalue weighted by atomic mass is 10.3. The minimum Gasteiger partial charge on any atom is -0.390 e. The lowest BCUT2D eigenvalue weighted by Gasteiger charge is -2.06. The van der Waals surface area contributed by atoms with E-state index in [0.717, 1.165) is 12.2 Å². The van der Waals surface area contributed by atoms with Gasteiger partial charge in [0.1, 0.15) is 0 Å². The lowest BCUT2D eigenvalue weighted by molar-refractivity contribution is 0.576. The Morgan fingerprint density at radius 3 is 3.08 bits per heavy atom. The first kappa shape index (κ1) is 7.72. The summed E-state index contributed by atoms with van der Waals surface area (Å²) in [5.41, 5.74) is 5.27.